The smallest absolute Gasteiger partial charge is 0.143 e. The van der Waals surface area contributed by atoms with E-state index < -0.39 is 0 Å². The van der Waals surface area contributed by atoms with Crippen molar-refractivity contribution in [3.05, 3.63) is 54.4 Å². The number of nitrogens with zero attached hydrogens (tertiary/aromatic N) is 6. The van der Waals surface area contributed by atoms with Gasteiger partial charge in [-0.25, -0.2) is 15.0 Å². The molecule has 1 N–H and O–H groups in total. The lowest BCUT2D eigenvalue weighted by Gasteiger charge is -2.39. The van der Waals surface area contributed by atoms with E-state index in [-0.39, 0.29) is 0 Å². The van der Waals surface area contributed by atoms with Crippen LogP contribution in [0.2, 0.25) is 0 Å². The molecule has 5 rings (SSSR count). The van der Waals surface area contributed by atoms with Crippen LogP contribution in [0.3, 0.4) is 0 Å². The van der Waals surface area contributed by atoms with Gasteiger partial charge in [-0.3, -0.25) is 4.98 Å². The summed E-state index contributed by atoms with van der Waals surface area (Å²) in [6.07, 6.45) is 3.67. The first-order valence-electron chi connectivity index (χ1n) is 10.4. The van der Waals surface area contributed by atoms with Gasteiger partial charge in [-0.1, -0.05) is 12.1 Å². The monoisotopic (exact) mass is 431 g/mol. The van der Waals surface area contributed by atoms with Crippen molar-refractivity contribution in [2.45, 2.75) is 19.9 Å². The van der Waals surface area contributed by atoms with Crippen LogP contribution in [0.25, 0.3) is 20.9 Å². The standard InChI is InChI=1S/C23H25N7S/c1-15-6-5-9-24-22(15)23-26-17-12-20(25-13-18(17)31-23)27-19-7-4-8-21(28-19)30-11-10-29(3)14-16(30)2/h4-9,12-13,16H,10-11,14H2,1-3H3,(H,25,27,28)/t16-/m1/s1. The van der Waals surface area contributed by atoms with Crippen LogP contribution in [0.15, 0.2) is 48.8 Å². The summed E-state index contributed by atoms with van der Waals surface area (Å²) in [5, 5.41) is 4.26. The maximum atomic E-state index is 4.84. The number of aryl methyl sites for hydroxylation is 1. The van der Waals surface area contributed by atoms with Crippen LogP contribution in [0.5, 0.6) is 0 Å². The molecule has 0 amide bonds. The normalized spacial score (nSPS) is 17.3. The van der Waals surface area contributed by atoms with Gasteiger partial charge in [0.1, 0.15) is 28.2 Å². The van der Waals surface area contributed by atoms with E-state index in [9.17, 15) is 0 Å². The molecule has 4 aromatic heterocycles. The molecule has 0 spiro atoms. The lowest BCUT2D eigenvalue weighted by molar-refractivity contribution is 0.274. The van der Waals surface area contributed by atoms with Gasteiger partial charge in [0.2, 0.25) is 0 Å². The van der Waals surface area contributed by atoms with E-state index in [1.807, 2.05) is 30.5 Å². The molecule has 0 aliphatic carbocycles. The third-order valence-electron chi connectivity index (χ3n) is 5.60. The van der Waals surface area contributed by atoms with E-state index in [2.05, 4.69) is 58.1 Å². The van der Waals surface area contributed by atoms with E-state index in [1.165, 1.54) is 0 Å². The summed E-state index contributed by atoms with van der Waals surface area (Å²) in [7, 11) is 2.17. The maximum absolute atomic E-state index is 4.84. The van der Waals surface area contributed by atoms with Crippen LogP contribution < -0.4 is 10.2 Å². The second-order valence-corrected chi connectivity index (χ2v) is 9.07. The fourth-order valence-corrected chi connectivity index (χ4v) is 4.96. The van der Waals surface area contributed by atoms with Gasteiger partial charge < -0.3 is 15.1 Å². The predicted octanol–water partition coefficient (Wildman–Crippen LogP) is 4.34. The number of aromatic nitrogens is 4. The number of hydrogen-bond acceptors (Lipinski definition) is 8. The molecule has 1 atom stereocenters. The number of thiazole rings is 1. The molecule has 5 heterocycles. The van der Waals surface area contributed by atoms with Gasteiger partial charge in [0.05, 0.1) is 10.2 Å². The van der Waals surface area contributed by atoms with Crippen molar-refractivity contribution in [3.8, 4) is 10.7 Å². The lowest BCUT2D eigenvalue weighted by Crippen LogP contribution is -2.50. The zero-order valence-electron chi connectivity index (χ0n) is 17.9. The fraction of sp³-hybridized carbons (Fsp3) is 0.304. The molecular weight excluding hydrogens is 406 g/mol. The number of fused-ring (bicyclic) bond motifs is 1. The van der Waals surface area contributed by atoms with Crippen LogP contribution in [-0.2, 0) is 0 Å². The molecule has 31 heavy (non-hydrogen) atoms. The summed E-state index contributed by atoms with van der Waals surface area (Å²) in [5.41, 5.74) is 2.95. The van der Waals surface area contributed by atoms with E-state index in [0.717, 1.165) is 63.6 Å². The third kappa shape index (κ3) is 4.08. The third-order valence-corrected chi connectivity index (χ3v) is 6.62. The van der Waals surface area contributed by atoms with E-state index in [0.29, 0.717) is 6.04 Å². The van der Waals surface area contributed by atoms with Crippen molar-refractivity contribution < 1.29 is 0 Å². The van der Waals surface area contributed by atoms with Crippen molar-refractivity contribution in [2.24, 2.45) is 0 Å². The number of likely N-dealkylation sites (N-methyl/N-ethyl adjacent to an activating group) is 1. The lowest BCUT2D eigenvalue weighted by atomic mass is 10.2. The average molecular weight is 432 g/mol. The number of rotatable bonds is 4. The Morgan fingerprint density at radius 1 is 1.06 bits per heavy atom. The van der Waals surface area contributed by atoms with E-state index in [4.69, 9.17) is 9.97 Å². The largest absolute Gasteiger partial charge is 0.351 e. The van der Waals surface area contributed by atoms with Crippen molar-refractivity contribution >= 4 is 39.0 Å². The minimum atomic E-state index is 0.430. The van der Waals surface area contributed by atoms with E-state index >= 15 is 0 Å². The zero-order chi connectivity index (χ0) is 21.4. The second kappa shape index (κ2) is 8.20. The summed E-state index contributed by atoms with van der Waals surface area (Å²) in [6.45, 7) is 7.37. The summed E-state index contributed by atoms with van der Waals surface area (Å²) in [5.74, 6) is 2.51. The second-order valence-electron chi connectivity index (χ2n) is 8.04. The number of nitrogens with one attached hydrogen (secondary N) is 1. The molecule has 0 radical (unpaired) electrons. The van der Waals surface area contributed by atoms with Gasteiger partial charge >= 0.3 is 0 Å². The molecular formula is C23H25N7S. The molecule has 158 valence electrons. The minimum Gasteiger partial charge on any atom is -0.351 e. The van der Waals surface area contributed by atoms with Crippen molar-refractivity contribution in [1.29, 1.82) is 0 Å². The maximum Gasteiger partial charge on any atom is 0.143 e. The van der Waals surface area contributed by atoms with Crippen molar-refractivity contribution in [3.63, 3.8) is 0 Å². The highest BCUT2D eigenvalue weighted by Gasteiger charge is 2.22. The molecule has 8 heteroatoms. The Morgan fingerprint density at radius 2 is 1.97 bits per heavy atom. The molecule has 0 unspecified atom stereocenters. The average Bonchev–Trinajstić information content (AvgIpc) is 3.17. The van der Waals surface area contributed by atoms with Gasteiger partial charge in [0.15, 0.2) is 0 Å². The summed E-state index contributed by atoms with van der Waals surface area (Å²) in [4.78, 5) is 23.4. The topological polar surface area (TPSA) is 70.1 Å². The van der Waals surface area contributed by atoms with Crippen LogP contribution in [0.1, 0.15) is 12.5 Å². The minimum absolute atomic E-state index is 0.430. The van der Waals surface area contributed by atoms with Gasteiger partial charge in [-0.15, -0.1) is 11.3 Å². The SMILES string of the molecule is Cc1cccnc1-c1nc2cc(Nc3cccc(N4CCN(C)C[C@H]4C)n3)ncc2s1. The van der Waals surface area contributed by atoms with Gasteiger partial charge in [0.25, 0.3) is 0 Å². The van der Waals surface area contributed by atoms with Crippen molar-refractivity contribution in [2.75, 3.05) is 36.9 Å². The predicted molar refractivity (Wildman–Crippen MR) is 127 cm³/mol. The van der Waals surface area contributed by atoms with Gasteiger partial charge in [-0.05, 0) is 44.7 Å². The molecule has 7 nitrogen and oxygen atoms in total. The Morgan fingerprint density at radius 3 is 2.81 bits per heavy atom. The Kier molecular flexibility index (Phi) is 5.25. The van der Waals surface area contributed by atoms with Crippen LogP contribution in [0.4, 0.5) is 17.5 Å². The first-order valence-corrected chi connectivity index (χ1v) is 11.3. The zero-order valence-corrected chi connectivity index (χ0v) is 18.7. The van der Waals surface area contributed by atoms with E-state index in [1.54, 1.807) is 17.5 Å². The molecule has 0 saturated carbocycles. The summed E-state index contributed by atoms with van der Waals surface area (Å²) < 4.78 is 1.04. The number of piperazine rings is 1. The van der Waals surface area contributed by atoms with Crippen LogP contribution in [0, 0.1) is 6.92 Å². The molecule has 1 saturated heterocycles. The Hall–Kier alpha value is -3.10. The Balaban J connectivity index is 1.39. The summed E-state index contributed by atoms with van der Waals surface area (Å²) >= 11 is 1.61. The molecule has 4 aromatic rings. The summed E-state index contributed by atoms with van der Waals surface area (Å²) in [6, 6.07) is 12.5. The first-order chi connectivity index (χ1) is 15.1. The Bertz CT molecular complexity index is 1220. The highest BCUT2D eigenvalue weighted by molar-refractivity contribution is 7.21. The van der Waals surface area contributed by atoms with Gasteiger partial charge in [0, 0.05) is 44.1 Å². The van der Waals surface area contributed by atoms with Gasteiger partial charge in [-0.2, -0.15) is 0 Å². The molecule has 0 aromatic carbocycles. The number of hydrogen-bond donors (Lipinski definition) is 1. The molecule has 0 bridgehead atoms. The highest BCUT2D eigenvalue weighted by atomic mass is 32.1. The van der Waals surface area contributed by atoms with Crippen LogP contribution in [-0.4, -0.2) is 57.6 Å². The van der Waals surface area contributed by atoms with Crippen LogP contribution >= 0.6 is 11.3 Å². The highest BCUT2D eigenvalue weighted by Crippen LogP contribution is 2.31. The Labute approximate surface area is 185 Å². The quantitative estimate of drug-likeness (QED) is 0.515. The molecule has 1 aliphatic heterocycles. The first kappa shape index (κ1) is 19.8. The number of pyridine rings is 3. The fourth-order valence-electron chi connectivity index (χ4n) is 3.98. The molecule has 1 aliphatic rings. The molecule has 1 fully saturated rings. The number of anilines is 3. The van der Waals surface area contributed by atoms with Crippen molar-refractivity contribution in [1.82, 2.24) is 24.8 Å².